The Morgan fingerprint density at radius 3 is 3.04 bits per heavy atom. The van der Waals surface area contributed by atoms with E-state index in [1.165, 1.54) is 5.56 Å². The van der Waals surface area contributed by atoms with Crippen molar-refractivity contribution in [2.45, 2.75) is 25.9 Å². The third-order valence-electron chi connectivity index (χ3n) is 4.01. The number of guanidine groups is 1. The van der Waals surface area contributed by atoms with E-state index >= 15 is 0 Å². The Morgan fingerprint density at radius 1 is 1.35 bits per heavy atom. The highest BCUT2D eigenvalue weighted by Crippen LogP contribution is 2.31. The van der Waals surface area contributed by atoms with Crippen molar-refractivity contribution in [3.63, 3.8) is 0 Å². The summed E-state index contributed by atoms with van der Waals surface area (Å²) in [6, 6.07) is 14.4. The first-order chi connectivity index (χ1) is 11.1. The molecule has 120 valence electrons. The zero-order chi connectivity index (χ0) is 16.2. The Balaban J connectivity index is 1.70. The summed E-state index contributed by atoms with van der Waals surface area (Å²) in [5, 5.41) is 3.32. The van der Waals surface area contributed by atoms with E-state index in [2.05, 4.69) is 51.4 Å². The molecule has 1 heterocycles. The summed E-state index contributed by atoms with van der Waals surface area (Å²) < 4.78 is 6.72. The molecule has 0 bridgehead atoms. The first-order valence-corrected chi connectivity index (χ1v) is 8.46. The van der Waals surface area contributed by atoms with Crippen LogP contribution in [0.3, 0.4) is 0 Å². The van der Waals surface area contributed by atoms with E-state index in [1.807, 2.05) is 24.3 Å². The molecule has 5 heteroatoms. The van der Waals surface area contributed by atoms with Crippen molar-refractivity contribution >= 4 is 21.9 Å². The Hall–Kier alpha value is -2.01. The lowest BCUT2D eigenvalue weighted by Crippen LogP contribution is -2.37. The van der Waals surface area contributed by atoms with Crippen molar-refractivity contribution in [3.8, 4) is 5.75 Å². The second kappa shape index (κ2) is 7.04. The molecule has 0 aromatic heterocycles. The SMILES string of the molecule is Cc1ccc(Br)cc1CN=C(N)NC1CCOc2ccccc21. The van der Waals surface area contributed by atoms with Gasteiger partial charge in [0.2, 0.25) is 0 Å². The zero-order valence-corrected chi connectivity index (χ0v) is 14.6. The standard InChI is InChI=1S/C18H20BrN3O/c1-12-6-7-14(19)10-13(12)11-21-18(20)22-16-8-9-23-17-5-3-2-4-15(16)17/h2-7,10,16H,8-9,11H2,1H3,(H3,20,21,22). The van der Waals surface area contributed by atoms with E-state index < -0.39 is 0 Å². The van der Waals surface area contributed by atoms with Crippen molar-refractivity contribution in [3.05, 3.63) is 63.6 Å². The maximum absolute atomic E-state index is 6.08. The summed E-state index contributed by atoms with van der Waals surface area (Å²) in [7, 11) is 0. The van der Waals surface area contributed by atoms with Gasteiger partial charge >= 0.3 is 0 Å². The number of ether oxygens (including phenoxy) is 1. The topological polar surface area (TPSA) is 59.6 Å². The average molecular weight is 374 g/mol. The Bertz CT molecular complexity index is 730. The summed E-state index contributed by atoms with van der Waals surface area (Å²) >= 11 is 3.49. The highest BCUT2D eigenvalue weighted by molar-refractivity contribution is 9.10. The number of halogens is 1. The highest BCUT2D eigenvalue weighted by atomic mass is 79.9. The molecule has 1 atom stereocenters. The van der Waals surface area contributed by atoms with Gasteiger partial charge in [0.05, 0.1) is 19.2 Å². The van der Waals surface area contributed by atoms with E-state index in [4.69, 9.17) is 10.5 Å². The molecule has 1 unspecified atom stereocenters. The number of hydrogen-bond acceptors (Lipinski definition) is 2. The lowest BCUT2D eigenvalue weighted by molar-refractivity contribution is 0.262. The van der Waals surface area contributed by atoms with Crippen molar-refractivity contribution in [2.24, 2.45) is 10.7 Å². The fraction of sp³-hybridized carbons (Fsp3) is 0.278. The molecule has 0 radical (unpaired) electrons. The summed E-state index contributed by atoms with van der Waals surface area (Å²) in [6.07, 6.45) is 0.878. The van der Waals surface area contributed by atoms with Crippen LogP contribution in [0.4, 0.5) is 0 Å². The molecule has 2 aromatic rings. The van der Waals surface area contributed by atoms with Crippen LogP contribution in [-0.2, 0) is 6.54 Å². The van der Waals surface area contributed by atoms with Crippen LogP contribution in [0.1, 0.15) is 29.2 Å². The van der Waals surface area contributed by atoms with E-state index in [-0.39, 0.29) is 6.04 Å². The number of nitrogens with one attached hydrogen (secondary N) is 1. The molecule has 4 nitrogen and oxygen atoms in total. The molecule has 0 aliphatic carbocycles. The quantitative estimate of drug-likeness (QED) is 0.637. The zero-order valence-electron chi connectivity index (χ0n) is 13.1. The van der Waals surface area contributed by atoms with Crippen LogP contribution in [0.25, 0.3) is 0 Å². The first-order valence-electron chi connectivity index (χ1n) is 7.66. The van der Waals surface area contributed by atoms with Crippen molar-refractivity contribution in [1.29, 1.82) is 0 Å². The van der Waals surface area contributed by atoms with Gasteiger partial charge in [-0.2, -0.15) is 0 Å². The largest absolute Gasteiger partial charge is 0.493 e. The van der Waals surface area contributed by atoms with Crippen molar-refractivity contribution in [2.75, 3.05) is 6.61 Å². The normalized spacial score (nSPS) is 17.3. The minimum absolute atomic E-state index is 0.146. The number of rotatable bonds is 3. The molecule has 3 rings (SSSR count). The van der Waals surface area contributed by atoms with Gasteiger partial charge in [0.25, 0.3) is 0 Å². The molecule has 0 spiro atoms. The van der Waals surface area contributed by atoms with Gasteiger partial charge in [-0.05, 0) is 36.2 Å². The molecule has 23 heavy (non-hydrogen) atoms. The number of aryl methyl sites for hydroxylation is 1. The maximum atomic E-state index is 6.08. The summed E-state index contributed by atoms with van der Waals surface area (Å²) in [5.41, 5.74) is 9.59. The highest BCUT2D eigenvalue weighted by Gasteiger charge is 2.21. The van der Waals surface area contributed by atoms with Gasteiger partial charge in [-0.15, -0.1) is 0 Å². The predicted molar refractivity (Wildman–Crippen MR) is 96.6 cm³/mol. The average Bonchev–Trinajstić information content (AvgIpc) is 2.56. The third kappa shape index (κ3) is 3.85. The molecule has 0 saturated carbocycles. The minimum Gasteiger partial charge on any atom is -0.493 e. The molecule has 0 fully saturated rings. The van der Waals surface area contributed by atoms with Gasteiger partial charge in [-0.25, -0.2) is 4.99 Å². The lowest BCUT2D eigenvalue weighted by Gasteiger charge is -2.26. The summed E-state index contributed by atoms with van der Waals surface area (Å²) in [6.45, 7) is 3.33. The molecular weight excluding hydrogens is 354 g/mol. The first kappa shape index (κ1) is 15.9. The summed E-state index contributed by atoms with van der Waals surface area (Å²) in [4.78, 5) is 4.49. The Morgan fingerprint density at radius 2 is 2.17 bits per heavy atom. The van der Waals surface area contributed by atoms with Gasteiger partial charge in [0, 0.05) is 16.5 Å². The number of aliphatic imine (C=N–C) groups is 1. The van der Waals surface area contributed by atoms with Crippen LogP contribution < -0.4 is 15.8 Å². The van der Waals surface area contributed by atoms with Crippen LogP contribution >= 0.6 is 15.9 Å². The van der Waals surface area contributed by atoms with Crippen LogP contribution in [0, 0.1) is 6.92 Å². The number of para-hydroxylation sites is 1. The molecule has 2 aromatic carbocycles. The Kier molecular flexibility index (Phi) is 4.86. The van der Waals surface area contributed by atoms with Gasteiger partial charge < -0.3 is 15.8 Å². The molecule has 1 aliphatic rings. The number of nitrogens with zero attached hydrogens (tertiary/aromatic N) is 1. The second-order valence-corrected chi connectivity index (χ2v) is 6.56. The van der Waals surface area contributed by atoms with E-state index in [9.17, 15) is 0 Å². The molecular formula is C18H20BrN3O. The lowest BCUT2D eigenvalue weighted by atomic mass is 10.0. The van der Waals surface area contributed by atoms with Crippen LogP contribution in [0.2, 0.25) is 0 Å². The number of fused-ring (bicyclic) bond motifs is 1. The monoisotopic (exact) mass is 373 g/mol. The fourth-order valence-electron chi connectivity index (χ4n) is 2.70. The fourth-order valence-corrected chi connectivity index (χ4v) is 3.11. The molecule has 1 aliphatic heterocycles. The van der Waals surface area contributed by atoms with E-state index in [0.717, 1.165) is 27.8 Å². The molecule has 0 amide bonds. The van der Waals surface area contributed by atoms with E-state index in [1.54, 1.807) is 0 Å². The van der Waals surface area contributed by atoms with Crippen molar-refractivity contribution in [1.82, 2.24) is 5.32 Å². The number of hydrogen-bond donors (Lipinski definition) is 2. The Labute approximate surface area is 144 Å². The molecule has 3 N–H and O–H groups in total. The van der Waals surface area contributed by atoms with Crippen LogP contribution in [0.15, 0.2) is 51.9 Å². The summed E-state index contributed by atoms with van der Waals surface area (Å²) in [5.74, 6) is 1.39. The van der Waals surface area contributed by atoms with Gasteiger partial charge in [0.1, 0.15) is 5.75 Å². The second-order valence-electron chi connectivity index (χ2n) is 5.64. The van der Waals surface area contributed by atoms with Crippen LogP contribution in [0.5, 0.6) is 5.75 Å². The smallest absolute Gasteiger partial charge is 0.189 e. The predicted octanol–water partition coefficient (Wildman–Crippen LogP) is 3.69. The van der Waals surface area contributed by atoms with E-state index in [0.29, 0.717) is 19.1 Å². The number of benzene rings is 2. The number of nitrogens with two attached hydrogens (primary N) is 1. The third-order valence-corrected chi connectivity index (χ3v) is 4.50. The van der Waals surface area contributed by atoms with Crippen LogP contribution in [-0.4, -0.2) is 12.6 Å². The van der Waals surface area contributed by atoms with Gasteiger partial charge in [0.15, 0.2) is 5.96 Å². The molecule has 0 saturated heterocycles. The minimum atomic E-state index is 0.146. The van der Waals surface area contributed by atoms with Gasteiger partial charge in [-0.1, -0.05) is 40.2 Å². The maximum Gasteiger partial charge on any atom is 0.189 e. The van der Waals surface area contributed by atoms with Gasteiger partial charge in [-0.3, -0.25) is 0 Å². The van der Waals surface area contributed by atoms with Crippen molar-refractivity contribution < 1.29 is 4.74 Å².